The molecule has 0 unspecified atom stereocenters. The van der Waals surface area contributed by atoms with E-state index in [9.17, 15) is 9.59 Å². The molecule has 0 aliphatic carbocycles. The molecule has 1 saturated heterocycles. The van der Waals surface area contributed by atoms with E-state index in [1.54, 1.807) is 0 Å². The van der Waals surface area contributed by atoms with E-state index in [1.807, 2.05) is 79.3 Å². The van der Waals surface area contributed by atoms with Crippen LogP contribution < -0.4 is 0 Å². The summed E-state index contributed by atoms with van der Waals surface area (Å²) in [6.45, 7) is 7.22. The molecular weight excluding hydrogens is 447 g/mol. The van der Waals surface area contributed by atoms with Crippen LogP contribution in [0, 0.1) is 5.41 Å². The molecule has 7 heteroatoms. The van der Waals surface area contributed by atoms with Gasteiger partial charge in [0.05, 0.1) is 25.0 Å². The van der Waals surface area contributed by atoms with Gasteiger partial charge in [-0.05, 0) is 41.8 Å². The largest absolute Gasteiger partial charge is 0.469 e. The molecule has 0 radical (unpaired) electrons. The number of amides is 1. The van der Waals surface area contributed by atoms with Gasteiger partial charge in [-0.2, -0.15) is 0 Å². The Morgan fingerprint density at radius 3 is 2.31 bits per heavy atom. The molecule has 1 fully saturated rings. The molecule has 3 rings (SSSR count). The molecular formula is C25H30Cl2N2O3. The summed E-state index contributed by atoms with van der Waals surface area (Å²) in [7, 11) is 1.35. The fourth-order valence-electron chi connectivity index (χ4n) is 4.70. The van der Waals surface area contributed by atoms with E-state index in [1.165, 1.54) is 7.11 Å². The molecule has 2 aromatic rings. The molecule has 32 heavy (non-hydrogen) atoms. The maximum absolute atomic E-state index is 14.0. The summed E-state index contributed by atoms with van der Waals surface area (Å²) < 4.78 is 4.94. The van der Waals surface area contributed by atoms with Crippen LogP contribution in [-0.2, 0) is 14.3 Å². The van der Waals surface area contributed by atoms with Crippen LogP contribution in [0.15, 0.2) is 48.5 Å². The van der Waals surface area contributed by atoms with Crippen molar-refractivity contribution in [2.45, 2.75) is 45.6 Å². The summed E-state index contributed by atoms with van der Waals surface area (Å²) >= 11 is 12.5. The third-order valence-corrected chi connectivity index (χ3v) is 6.81. The van der Waals surface area contributed by atoms with E-state index in [2.05, 4.69) is 0 Å². The lowest BCUT2D eigenvalue weighted by atomic mass is 9.68. The highest BCUT2D eigenvalue weighted by molar-refractivity contribution is 6.30. The fraction of sp³-hybridized carbons (Fsp3) is 0.440. The maximum atomic E-state index is 14.0. The Labute approximate surface area is 200 Å². The van der Waals surface area contributed by atoms with Gasteiger partial charge in [0.2, 0.25) is 5.91 Å². The lowest BCUT2D eigenvalue weighted by Gasteiger charge is -2.52. The number of hydrogen-bond donors (Lipinski definition) is 0. The number of hydrogen-bond acceptors (Lipinski definition) is 4. The van der Waals surface area contributed by atoms with Crippen LogP contribution in [0.2, 0.25) is 10.0 Å². The zero-order valence-electron chi connectivity index (χ0n) is 19.0. The normalized spacial score (nSPS) is 23.5. The monoisotopic (exact) mass is 476 g/mol. The zero-order valence-corrected chi connectivity index (χ0v) is 20.5. The molecule has 1 aliphatic heterocycles. The first kappa shape index (κ1) is 24.6. The Hall–Kier alpha value is -2.08. The number of ether oxygens (including phenoxy) is 1. The van der Waals surface area contributed by atoms with Gasteiger partial charge < -0.3 is 4.74 Å². The van der Waals surface area contributed by atoms with E-state index in [0.29, 0.717) is 29.6 Å². The molecule has 0 bridgehead atoms. The molecule has 0 spiro atoms. The van der Waals surface area contributed by atoms with Crippen molar-refractivity contribution in [2.75, 3.05) is 20.2 Å². The number of piperidine rings is 1. The second-order valence-electron chi connectivity index (χ2n) is 8.46. The minimum absolute atomic E-state index is 0.0184. The predicted molar refractivity (Wildman–Crippen MR) is 128 cm³/mol. The third kappa shape index (κ3) is 4.95. The topological polar surface area (TPSA) is 49.9 Å². The van der Waals surface area contributed by atoms with E-state index >= 15 is 0 Å². The minimum atomic E-state index is -0.911. The van der Waals surface area contributed by atoms with Crippen LogP contribution in [-0.4, -0.2) is 42.1 Å². The highest BCUT2D eigenvalue weighted by Crippen LogP contribution is 2.51. The van der Waals surface area contributed by atoms with Crippen molar-refractivity contribution in [3.8, 4) is 0 Å². The number of nitrogens with zero attached hydrogens (tertiary/aromatic N) is 2. The van der Waals surface area contributed by atoms with Gasteiger partial charge in [0, 0.05) is 29.1 Å². The summed E-state index contributed by atoms with van der Waals surface area (Å²) in [5.74, 6) is -0.553. The summed E-state index contributed by atoms with van der Waals surface area (Å²) in [4.78, 5) is 26.3. The number of methoxy groups -OCH3 is 1. The number of halogens is 2. The molecule has 0 saturated carbocycles. The Balaban J connectivity index is 2.21. The number of carbonyl (C=O) groups excluding carboxylic acids is 2. The molecule has 1 heterocycles. The number of rotatable bonds is 7. The molecule has 1 amide bonds. The second-order valence-corrected chi connectivity index (χ2v) is 9.34. The molecule has 5 nitrogen and oxygen atoms in total. The van der Waals surface area contributed by atoms with Crippen molar-refractivity contribution in [3.63, 3.8) is 0 Å². The summed E-state index contributed by atoms with van der Waals surface area (Å²) in [5.41, 5.74) is 1.10. The zero-order chi connectivity index (χ0) is 23.5. The van der Waals surface area contributed by atoms with Crippen molar-refractivity contribution in [3.05, 3.63) is 69.7 Å². The molecule has 3 atom stereocenters. The van der Waals surface area contributed by atoms with E-state index in [-0.39, 0.29) is 24.3 Å². The molecule has 2 aromatic carbocycles. The van der Waals surface area contributed by atoms with Gasteiger partial charge in [-0.1, -0.05) is 68.2 Å². The summed E-state index contributed by atoms with van der Waals surface area (Å²) in [5, 5.41) is 5.16. The molecule has 0 N–H and O–H groups in total. The number of carbonyl (C=O) groups is 2. The van der Waals surface area contributed by atoms with Crippen LogP contribution >= 0.6 is 23.2 Å². The van der Waals surface area contributed by atoms with Crippen molar-refractivity contribution in [1.29, 1.82) is 0 Å². The first-order chi connectivity index (χ1) is 15.2. The van der Waals surface area contributed by atoms with Gasteiger partial charge in [-0.25, -0.2) is 5.01 Å². The quantitative estimate of drug-likeness (QED) is 0.468. The van der Waals surface area contributed by atoms with Crippen molar-refractivity contribution >= 4 is 35.1 Å². The Kier molecular flexibility index (Phi) is 7.86. The van der Waals surface area contributed by atoms with Gasteiger partial charge in [0.15, 0.2) is 0 Å². The van der Waals surface area contributed by atoms with Crippen LogP contribution in [0.3, 0.4) is 0 Å². The van der Waals surface area contributed by atoms with Crippen molar-refractivity contribution in [1.82, 2.24) is 10.0 Å². The molecule has 0 aromatic heterocycles. The Morgan fingerprint density at radius 1 is 1.09 bits per heavy atom. The lowest BCUT2D eigenvalue weighted by Crippen LogP contribution is -2.59. The summed E-state index contributed by atoms with van der Waals surface area (Å²) in [6, 6.07) is 15.1. The SMILES string of the molecule is CCN(CC)N1C(=O)[C@@](C)(CC(=O)OC)C[C@H](c2cccc(Cl)c2)[C@H]1c1ccc(Cl)cc1. The van der Waals surface area contributed by atoms with E-state index < -0.39 is 11.4 Å². The van der Waals surface area contributed by atoms with E-state index in [0.717, 1.165) is 11.1 Å². The number of hydrazine groups is 1. The molecule has 172 valence electrons. The van der Waals surface area contributed by atoms with Gasteiger partial charge in [-0.3, -0.25) is 14.6 Å². The van der Waals surface area contributed by atoms with Crippen molar-refractivity contribution < 1.29 is 14.3 Å². The fourth-order valence-corrected chi connectivity index (χ4v) is 5.02. The number of esters is 1. The lowest BCUT2D eigenvalue weighted by molar-refractivity contribution is -0.181. The van der Waals surface area contributed by atoms with Crippen LogP contribution in [0.4, 0.5) is 0 Å². The van der Waals surface area contributed by atoms with Gasteiger partial charge in [0.25, 0.3) is 0 Å². The predicted octanol–water partition coefficient (Wildman–Crippen LogP) is 5.88. The molecule has 1 aliphatic rings. The highest BCUT2D eigenvalue weighted by Gasteiger charge is 2.52. The average molecular weight is 477 g/mol. The maximum Gasteiger partial charge on any atom is 0.306 e. The minimum Gasteiger partial charge on any atom is -0.469 e. The van der Waals surface area contributed by atoms with Gasteiger partial charge >= 0.3 is 5.97 Å². The van der Waals surface area contributed by atoms with Gasteiger partial charge in [-0.15, -0.1) is 0 Å². The smallest absolute Gasteiger partial charge is 0.306 e. The van der Waals surface area contributed by atoms with Gasteiger partial charge in [0.1, 0.15) is 0 Å². The third-order valence-electron chi connectivity index (χ3n) is 6.32. The second kappa shape index (κ2) is 10.2. The van der Waals surface area contributed by atoms with E-state index in [4.69, 9.17) is 27.9 Å². The first-order valence-electron chi connectivity index (χ1n) is 10.9. The first-order valence-corrected chi connectivity index (χ1v) is 11.7. The van der Waals surface area contributed by atoms with Crippen LogP contribution in [0.5, 0.6) is 0 Å². The average Bonchev–Trinajstić information content (AvgIpc) is 2.78. The highest BCUT2D eigenvalue weighted by atomic mass is 35.5. The Morgan fingerprint density at radius 2 is 1.75 bits per heavy atom. The standard InChI is InChI=1S/C25H30Cl2N2O3/c1-5-28(6-2)29-23(17-10-12-19(26)13-11-17)21(18-8-7-9-20(27)14-18)15-25(3,24(29)31)16-22(30)32-4/h7-14,21,23H,5-6,15-16H2,1-4H3/t21-,23-,25-/m1/s1. The van der Waals surface area contributed by atoms with Crippen LogP contribution in [0.25, 0.3) is 0 Å². The number of benzene rings is 2. The van der Waals surface area contributed by atoms with Crippen LogP contribution in [0.1, 0.15) is 56.7 Å². The summed E-state index contributed by atoms with van der Waals surface area (Å²) in [6.07, 6.45) is 0.511. The van der Waals surface area contributed by atoms with Crippen molar-refractivity contribution in [2.24, 2.45) is 5.41 Å². The Bertz CT molecular complexity index is 962.